The number of ether oxygens (including phenoxy) is 1. The van der Waals surface area contributed by atoms with Crippen LogP contribution in [0.1, 0.15) is 33.0 Å². The first-order chi connectivity index (χ1) is 14.3. The molecule has 3 aromatic rings. The number of amides is 1. The highest BCUT2D eigenvalue weighted by Crippen LogP contribution is 2.44. The summed E-state index contributed by atoms with van der Waals surface area (Å²) in [5.74, 6) is 5.85. The Morgan fingerprint density at radius 2 is 1.55 bits per heavy atom. The zero-order chi connectivity index (χ0) is 20.1. The van der Waals surface area contributed by atoms with Crippen LogP contribution >= 0.6 is 0 Å². The molecule has 142 valence electrons. The molecule has 0 aromatic heterocycles. The van der Waals surface area contributed by atoms with Crippen LogP contribution in [0.25, 0.3) is 11.1 Å². The number of aldehydes is 1. The molecule has 0 heterocycles. The van der Waals surface area contributed by atoms with Crippen molar-refractivity contribution in [3.63, 3.8) is 0 Å². The number of hydrogen-bond acceptors (Lipinski definition) is 3. The highest BCUT2D eigenvalue weighted by molar-refractivity contribution is 5.79. The summed E-state index contributed by atoms with van der Waals surface area (Å²) in [5.41, 5.74) is 6.14. The van der Waals surface area contributed by atoms with Crippen LogP contribution in [0.2, 0.25) is 0 Å². The third kappa shape index (κ3) is 4.04. The number of nitrogens with one attached hydrogen (secondary N) is 1. The van der Waals surface area contributed by atoms with Crippen molar-refractivity contribution in [2.24, 2.45) is 0 Å². The third-order valence-electron chi connectivity index (χ3n) is 4.94. The number of carbonyl (C=O) groups is 2. The monoisotopic (exact) mass is 381 g/mol. The average Bonchev–Trinajstić information content (AvgIpc) is 3.09. The molecular formula is C25H19NO3. The van der Waals surface area contributed by atoms with E-state index in [4.69, 9.17) is 4.74 Å². The molecule has 4 nitrogen and oxygen atoms in total. The summed E-state index contributed by atoms with van der Waals surface area (Å²) >= 11 is 0. The van der Waals surface area contributed by atoms with Crippen LogP contribution in [0.4, 0.5) is 4.79 Å². The molecule has 4 heteroatoms. The number of hydrogen-bond donors (Lipinski definition) is 1. The molecule has 0 radical (unpaired) electrons. The van der Waals surface area contributed by atoms with E-state index in [2.05, 4.69) is 41.4 Å². The molecule has 3 aromatic carbocycles. The number of rotatable bonds is 4. The van der Waals surface area contributed by atoms with Crippen LogP contribution < -0.4 is 5.32 Å². The Hall–Kier alpha value is -3.84. The Kier molecular flexibility index (Phi) is 5.40. The summed E-state index contributed by atoms with van der Waals surface area (Å²) < 4.78 is 5.47. The van der Waals surface area contributed by atoms with Crippen molar-refractivity contribution in [1.82, 2.24) is 5.32 Å². The van der Waals surface area contributed by atoms with Crippen LogP contribution in [0.5, 0.6) is 0 Å². The van der Waals surface area contributed by atoms with Crippen molar-refractivity contribution in [1.29, 1.82) is 0 Å². The van der Waals surface area contributed by atoms with E-state index in [9.17, 15) is 9.59 Å². The first kappa shape index (κ1) is 18.5. The Labute approximate surface area is 169 Å². The average molecular weight is 381 g/mol. The van der Waals surface area contributed by atoms with Crippen molar-refractivity contribution < 1.29 is 14.3 Å². The van der Waals surface area contributed by atoms with Gasteiger partial charge in [-0.05, 0) is 34.4 Å². The topological polar surface area (TPSA) is 55.4 Å². The Bertz CT molecular complexity index is 1060. The highest BCUT2D eigenvalue weighted by Gasteiger charge is 2.28. The SMILES string of the molecule is O=Cc1ccc(C#CCNC(=O)OCC2c3ccccc3-c3ccccc32)cc1. The van der Waals surface area contributed by atoms with Gasteiger partial charge in [-0.3, -0.25) is 4.79 Å². The van der Waals surface area contributed by atoms with E-state index in [1.807, 2.05) is 24.3 Å². The molecule has 1 aliphatic rings. The number of carbonyl (C=O) groups excluding carboxylic acids is 2. The fraction of sp³-hybridized carbons (Fsp3) is 0.120. The van der Waals surface area contributed by atoms with E-state index >= 15 is 0 Å². The molecule has 1 N–H and O–H groups in total. The summed E-state index contributed by atoms with van der Waals surface area (Å²) in [5, 5.41) is 2.66. The molecule has 1 aliphatic carbocycles. The fourth-order valence-electron chi connectivity index (χ4n) is 3.56. The zero-order valence-electron chi connectivity index (χ0n) is 15.7. The normalized spacial score (nSPS) is 11.6. The Morgan fingerprint density at radius 1 is 0.931 bits per heavy atom. The van der Waals surface area contributed by atoms with Gasteiger partial charge in [0, 0.05) is 17.0 Å². The van der Waals surface area contributed by atoms with Gasteiger partial charge < -0.3 is 10.1 Å². The molecule has 29 heavy (non-hydrogen) atoms. The summed E-state index contributed by atoms with van der Waals surface area (Å²) in [4.78, 5) is 22.7. The minimum Gasteiger partial charge on any atom is -0.449 e. The predicted octanol–water partition coefficient (Wildman–Crippen LogP) is 4.39. The number of fused-ring (bicyclic) bond motifs is 3. The number of alkyl carbamates (subject to hydrolysis) is 1. The largest absolute Gasteiger partial charge is 0.449 e. The third-order valence-corrected chi connectivity index (χ3v) is 4.94. The van der Waals surface area contributed by atoms with E-state index in [0.29, 0.717) is 5.56 Å². The van der Waals surface area contributed by atoms with Gasteiger partial charge in [0.15, 0.2) is 0 Å². The standard InChI is InChI=1S/C25H19NO3/c27-16-19-13-11-18(12-14-19)6-5-15-26-25(28)29-17-24-22-9-3-1-7-20(22)21-8-2-4-10-23(21)24/h1-4,7-14,16,24H,15,17H2,(H,26,28). The van der Waals surface area contributed by atoms with E-state index in [1.165, 1.54) is 22.3 Å². The van der Waals surface area contributed by atoms with Gasteiger partial charge in [0.2, 0.25) is 0 Å². The molecular weight excluding hydrogens is 362 g/mol. The highest BCUT2D eigenvalue weighted by atomic mass is 16.5. The summed E-state index contributed by atoms with van der Waals surface area (Å²) in [6, 6.07) is 23.4. The van der Waals surface area contributed by atoms with Gasteiger partial charge in [-0.2, -0.15) is 0 Å². The van der Waals surface area contributed by atoms with Gasteiger partial charge in [0.05, 0.1) is 6.54 Å². The predicted molar refractivity (Wildman–Crippen MR) is 112 cm³/mol. The van der Waals surface area contributed by atoms with Crippen LogP contribution in [0.15, 0.2) is 72.8 Å². The molecule has 0 fully saturated rings. The van der Waals surface area contributed by atoms with Gasteiger partial charge in [-0.25, -0.2) is 4.79 Å². The van der Waals surface area contributed by atoms with E-state index in [0.717, 1.165) is 11.8 Å². The second-order valence-corrected chi connectivity index (χ2v) is 6.72. The molecule has 0 spiro atoms. The summed E-state index contributed by atoms with van der Waals surface area (Å²) in [6.07, 6.45) is 0.299. The number of benzene rings is 3. The Balaban J connectivity index is 1.33. The van der Waals surface area contributed by atoms with Gasteiger partial charge in [-0.1, -0.05) is 72.5 Å². The quantitative estimate of drug-likeness (QED) is 0.539. The lowest BCUT2D eigenvalue weighted by Gasteiger charge is -2.14. The maximum Gasteiger partial charge on any atom is 0.407 e. The van der Waals surface area contributed by atoms with Crippen molar-refractivity contribution >= 4 is 12.4 Å². The summed E-state index contributed by atoms with van der Waals surface area (Å²) in [6.45, 7) is 0.465. The van der Waals surface area contributed by atoms with Crippen molar-refractivity contribution in [2.75, 3.05) is 13.2 Å². The van der Waals surface area contributed by atoms with Crippen LogP contribution in [-0.2, 0) is 4.74 Å². The van der Waals surface area contributed by atoms with Crippen LogP contribution in [-0.4, -0.2) is 25.5 Å². The van der Waals surface area contributed by atoms with E-state index < -0.39 is 6.09 Å². The molecule has 1 amide bonds. The molecule has 0 saturated heterocycles. The minimum atomic E-state index is -0.488. The lowest BCUT2D eigenvalue weighted by Crippen LogP contribution is -2.26. The van der Waals surface area contributed by atoms with Gasteiger partial charge in [0.25, 0.3) is 0 Å². The van der Waals surface area contributed by atoms with E-state index in [1.54, 1.807) is 24.3 Å². The second-order valence-electron chi connectivity index (χ2n) is 6.72. The van der Waals surface area contributed by atoms with Crippen molar-refractivity contribution in [3.05, 3.63) is 95.1 Å². The molecule has 0 atom stereocenters. The van der Waals surface area contributed by atoms with Crippen LogP contribution in [0, 0.1) is 11.8 Å². The molecule has 0 unspecified atom stereocenters. The van der Waals surface area contributed by atoms with Gasteiger partial charge in [-0.15, -0.1) is 0 Å². The summed E-state index contributed by atoms with van der Waals surface area (Å²) in [7, 11) is 0. The Morgan fingerprint density at radius 3 is 2.17 bits per heavy atom. The van der Waals surface area contributed by atoms with E-state index in [-0.39, 0.29) is 19.1 Å². The van der Waals surface area contributed by atoms with Crippen LogP contribution in [0.3, 0.4) is 0 Å². The van der Waals surface area contributed by atoms with Crippen molar-refractivity contribution in [2.45, 2.75) is 5.92 Å². The fourth-order valence-corrected chi connectivity index (χ4v) is 3.56. The second kappa shape index (κ2) is 8.45. The maximum atomic E-state index is 12.1. The molecule has 0 bridgehead atoms. The first-order valence-corrected chi connectivity index (χ1v) is 9.39. The lowest BCUT2D eigenvalue weighted by atomic mass is 9.98. The van der Waals surface area contributed by atoms with Gasteiger partial charge >= 0.3 is 6.09 Å². The molecule has 0 saturated carbocycles. The lowest BCUT2D eigenvalue weighted by molar-refractivity contribution is 0.112. The first-order valence-electron chi connectivity index (χ1n) is 9.39. The zero-order valence-corrected chi connectivity index (χ0v) is 15.7. The van der Waals surface area contributed by atoms with Gasteiger partial charge in [0.1, 0.15) is 12.9 Å². The maximum absolute atomic E-state index is 12.1. The molecule has 0 aliphatic heterocycles. The minimum absolute atomic E-state index is 0.0376. The molecule has 4 rings (SSSR count). The smallest absolute Gasteiger partial charge is 0.407 e. The van der Waals surface area contributed by atoms with Crippen molar-refractivity contribution in [3.8, 4) is 23.0 Å².